The first-order valence-electron chi connectivity index (χ1n) is 4.33. The van der Waals surface area contributed by atoms with E-state index < -0.39 is 6.09 Å². The Morgan fingerprint density at radius 2 is 2.33 bits per heavy atom. The number of hydrogen-bond acceptors (Lipinski definition) is 2. The van der Waals surface area contributed by atoms with Crippen LogP contribution in [0.15, 0.2) is 0 Å². The van der Waals surface area contributed by atoms with Crippen molar-refractivity contribution in [3.8, 4) is 0 Å². The molecule has 1 amide bonds. The lowest BCUT2D eigenvalue weighted by Crippen LogP contribution is -2.35. The van der Waals surface area contributed by atoms with Gasteiger partial charge < -0.3 is 15.3 Å². The van der Waals surface area contributed by atoms with E-state index in [0.29, 0.717) is 18.0 Å². The Bertz CT molecular complexity index is 213. The molecule has 0 bridgehead atoms. The monoisotopic (exact) mass is 170 g/mol. The molecule has 0 aromatic carbocycles. The number of carboxylic acid groups (broad SMARTS) is 1. The second-order valence-corrected chi connectivity index (χ2v) is 3.87. The molecule has 0 radical (unpaired) electrons. The van der Waals surface area contributed by atoms with Gasteiger partial charge in [-0.3, -0.25) is 0 Å². The molecular weight excluding hydrogens is 156 g/mol. The molecular formula is C8H14N2O2. The highest BCUT2D eigenvalue weighted by Gasteiger charge is 2.55. The molecule has 4 nitrogen and oxygen atoms in total. The molecule has 2 N–H and O–H groups in total. The molecule has 1 spiro atoms. The maximum absolute atomic E-state index is 10.7. The van der Waals surface area contributed by atoms with Gasteiger partial charge in [-0.25, -0.2) is 4.79 Å². The van der Waals surface area contributed by atoms with Gasteiger partial charge in [0.05, 0.1) is 0 Å². The van der Waals surface area contributed by atoms with Gasteiger partial charge in [-0.1, -0.05) is 0 Å². The molecule has 1 aliphatic carbocycles. The van der Waals surface area contributed by atoms with Crippen LogP contribution in [0.4, 0.5) is 4.79 Å². The minimum absolute atomic E-state index is 0.299. The van der Waals surface area contributed by atoms with Crippen LogP contribution in [-0.2, 0) is 0 Å². The largest absolute Gasteiger partial charge is 0.465 e. The highest BCUT2D eigenvalue weighted by Crippen LogP contribution is 2.52. The summed E-state index contributed by atoms with van der Waals surface area (Å²) in [6.07, 6.45) is 1.59. The lowest BCUT2D eigenvalue weighted by Gasteiger charge is -2.14. The molecule has 68 valence electrons. The van der Waals surface area contributed by atoms with E-state index >= 15 is 0 Å². The summed E-state index contributed by atoms with van der Waals surface area (Å²) < 4.78 is 0. The van der Waals surface area contributed by atoms with E-state index in [0.717, 1.165) is 6.54 Å². The third-order valence-electron chi connectivity index (χ3n) is 3.16. The van der Waals surface area contributed by atoms with Gasteiger partial charge in [-0.15, -0.1) is 0 Å². The summed E-state index contributed by atoms with van der Waals surface area (Å²) in [6, 6.07) is 0.383. The Morgan fingerprint density at radius 3 is 2.67 bits per heavy atom. The van der Waals surface area contributed by atoms with Crippen LogP contribution in [0.2, 0.25) is 0 Å². The lowest BCUT2D eigenvalue weighted by atomic mass is 10.0. The van der Waals surface area contributed by atoms with E-state index in [4.69, 9.17) is 5.11 Å². The van der Waals surface area contributed by atoms with Crippen LogP contribution < -0.4 is 5.32 Å². The number of nitrogens with zero attached hydrogens (tertiary/aromatic N) is 1. The Hall–Kier alpha value is -0.770. The van der Waals surface area contributed by atoms with Crippen molar-refractivity contribution in [2.75, 3.05) is 20.1 Å². The van der Waals surface area contributed by atoms with Gasteiger partial charge in [-0.05, 0) is 19.9 Å². The van der Waals surface area contributed by atoms with Gasteiger partial charge in [0.25, 0.3) is 0 Å². The standard InChI is InChI=1S/C8H14N2O2/c1-9-6-4-10(7(11)12)5-8(6)2-3-8/h6,9H,2-5H2,1H3,(H,11,12). The van der Waals surface area contributed by atoms with Gasteiger partial charge in [-0.2, -0.15) is 0 Å². The molecule has 1 aliphatic heterocycles. The number of amides is 1. The van der Waals surface area contributed by atoms with Crippen molar-refractivity contribution in [2.24, 2.45) is 5.41 Å². The highest BCUT2D eigenvalue weighted by atomic mass is 16.4. The summed E-state index contributed by atoms with van der Waals surface area (Å²) in [4.78, 5) is 12.2. The number of likely N-dealkylation sites (N-methyl/N-ethyl adjacent to an activating group) is 1. The van der Waals surface area contributed by atoms with Crippen molar-refractivity contribution < 1.29 is 9.90 Å². The van der Waals surface area contributed by atoms with Crippen molar-refractivity contribution in [1.82, 2.24) is 10.2 Å². The maximum Gasteiger partial charge on any atom is 0.407 e. The molecule has 2 fully saturated rings. The minimum Gasteiger partial charge on any atom is -0.465 e. The Labute approximate surface area is 71.5 Å². The number of nitrogens with one attached hydrogen (secondary N) is 1. The van der Waals surface area contributed by atoms with Crippen molar-refractivity contribution in [3.63, 3.8) is 0 Å². The van der Waals surface area contributed by atoms with Crippen molar-refractivity contribution in [3.05, 3.63) is 0 Å². The highest BCUT2D eigenvalue weighted by molar-refractivity contribution is 5.66. The van der Waals surface area contributed by atoms with Gasteiger partial charge >= 0.3 is 6.09 Å². The molecule has 1 saturated carbocycles. The van der Waals surface area contributed by atoms with E-state index in [9.17, 15) is 4.79 Å². The minimum atomic E-state index is -0.779. The summed E-state index contributed by atoms with van der Waals surface area (Å²) in [6.45, 7) is 1.39. The van der Waals surface area contributed by atoms with E-state index in [1.165, 1.54) is 17.7 Å². The molecule has 2 rings (SSSR count). The SMILES string of the molecule is CNC1CN(C(=O)O)CC12CC2. The third kappa shape index (κ3) is 0.982. The van der Waals surface area contributed by atoms with E-state index in [1.54, 1.807) is 0 Å². The van der Waals surface area contributed by atoms with Crippen LogP contribution in [0.25, 0.3) is 0 Å². The van der Waals surface area contributed by atoms with Crippen molar-refractivity contribution in [1.29, 1.82) is 0 Å². The fourth-order valence-electron chi connectivity index (χ4n) is 2.18. The predicted octanol–water partition coefficient (Wildman–Crippen LogP) is 0.348. The van der Waals surface area contributed by atoms with Crippen LogP contribution in [0.5, 0.6) is 0 Å². The van der Waals surface area contributed by atoms with Crippen LogP contribution >= 0.6 is 0 Å². The van der Waals surface area contributed by atoms with E-state index in [-0.39, 0.29) is 0 Å². The van der Waals surface area contributed by atoms with Crippen LogP contribution in [0, 0.1) is 5.41 Å². The lowest BCUT2D eigenvalue weighted by molar-refractivity contribution is 0.153. The molecule has 2 aliphatic rings. The summed E-state index contributed by atoms with van der Waals surface area (Å²) >= 11 is 0. The first kappa shape index (κ1) is 7.86. The summed E-state index contributed by atoms with van der Waals surface area (Å²) in [5, 5.41) is 12.0. The summed E-state index contributed by atoms with van der Waals surface area (Å²) in [5.74, 6) is 0. The van der Waals surface area contributed by atoms with Crippen LogP contribution in [0.3, 0.4) is 0 Å². The van der Waals surface area contributed by atoms with Crippen molar-refractivity contribution in [2.45, 2.75) is 18.9 Å². The van der Waals surface area contributed by atoms with Crippen LogP contribution in [-0.4, -0.2) is 42.3 Å². The quantitative estimate of drug-likeness (QED) is 0.597. The maximum atomic E-state index is 10.7. The van der Waals surface area contributed by atoms with Gasteiger partial charge in [0, 0.05) is 24.5 Å². The number of carbonyl (C=O) groups is 1. The molecule has 1 unspecified atom stereocenters. The number of rotatable bonds is 1. The molecule has 0 aromatic heterocycles. The Balaban J connectivity index is 2.06. The number of likely N-dealkylation sites (tertiary alicyclic amines) is 1. The molecule has 1 atom stereocenters. The average Bonchev–Trinajstić information content (AvgIpc) is 2.64. The van der Waals surface area contributed by atoms with Crippen molar-refractivity contribution >= 4 is 6.09 Å². The summed E-state index contributed by atoms with van der Waals surface area (Å²) in [7, 11) is 1.91. The molecule has 4 heteroatoms. The first-order chi connectivity index (χ1) is 5.68. The fraction of sp³-hybridized carbons (Fsp3) is 0.875. The molecule has 1 saturated heterocycles. The third-order valence-corrected chi connectivity index (χ3v) is 3.16. The molecule has 12 heavy (non-hydrogen) atoms. The van der Waals surface area contributed by atoms with E-state index in [2.05, 4.69) is 5.32 Å². The predicted molar refractivity (Wildman–Crippen MR) is 44.1 cm³/mol. The normalized spacial score (nSPS) is 31.1. The summed E-state index contributed by atoms with van der Waals surface area (Å²) in [5.41, 5.74) is 0.299. The average molecular weight is 170 g/mol. The second kappa shape index (κ2) is 2.36. The Kier molecular flexibility index (Phi) is 1.54. The van der Waals surface area contributed by atoms with E-state index in [1.807, 2.05) is 7.05 Å². The molecule has 1 heterocycles. The topological polar surface area (TPSA) is 52.6 Å². The number of hydrogen-bond donors (Lipinski definition) is 2. The smallest absolute Gasteiger partial charge is 0.407 e. The zero-order chi connectivity index (χ0) is 8.77. The second-order valence-electron chi connectivity index (χ2n) is 3.87. The Morgan fingerprint density at radius 1 is 1.67 bits per heavy atom. The first-order valence-corrected chi connectivity index (χ1v) is 4.33. The zero-order valence-electron chi connectivity index (χ0n) is 7.21. The van der Waals surface area contributed by atoms with Gasteiger partial charge in [0.2, 0.25) is 0 Å². The zero-order valence-corrected chi connectivity index (χ0v) is 7.21. The van der Waals surface area contributed by atoms with Gasteiger partial charge in [0.15, 0.2) is 0 Å². The fourth-order valence-corrected chi connectivity index (χ4v) is 2.18. The van der Waals surface area contributed by atoms with Gasteiger partial charge in [0.1, 0.15) is 0 Å². The van der Waals surface area contributed by atoms with Crippen LogP contribution in [0.1, 0.15) is 12.8 Å². The molecule has 0 aromatic rings.